The van der Waals surface area contributed by atoms with Gasteiger partial charge in [-0.3, -0.25) is 10.1 Å². The summed E-state index contributed by atoms with van der Waals surface area (Å²) in [5.74, 6) is 0. The summed E-state index contributed by atoms with van der Waals surface area (Å²) in [6, 6.07) is 4.85. The zero-order valence-corrected chi connectivity index (χ0v) is 9.01. The lowest BCUT2D eigenvalue weighted by molar-refractivity contribution is -0.384. The predicted molar refractivity (Wildman–Crippen MR) is 55.6 cm³/mol. The van der Waals surface area contributed by atoms with Crippen molar-refractivity contribution in [2.24, 2.45) is 0 Å². The molecule has 0 fully saturated rings. The van der Waals surface area contributed by atoms with Crippen LogP contribution in [0.4, 0.5) is 5.69 Å². The lowest BCUT2D eigenvalue weighted by Crippen LogP contribution is -1.92. The molecule has 1 aromatic rings. The zero-order chi connectivity index (χ0) is 9.84. The largest absolute Gasteiger partial charge is 0.288 e. The van der Waals surface area contributed by atoms with E-state index < -0.39 is 4.92 Å². The van der Waals surface area contributed by atoms with Gasteiger partial charge in [-0.15, -0.1) is 0 Å². The maximum Gasteiger partial charge on any atom is 0.288 e. The molecular formula is C8H7BrClNO2. The van der Waals surface area contributed by atoms with Crippen molar-refractivity contribution >= 4 is 33.2 Å². The summed E-state index contributed by atoms with van der Waals surface area (Å²) in [5, 5.41) is 11.5. The van der Waals surface area contributed by atoms with Crippen LogP contribution in [0.25, 0.3) is 0 Å². The van der Waals surface area contributed by atoms with E-state index in [2.05, 4.69) is 15.9 Å². The summed E-state index contributed by atoms with van der Waals surface area (Å²) >= 11 is 8.90. The van der Waals surface area contributed by atoms with Gasteiger partial charge in [0.1, 0.15) is 5.02 Å². The second kappa shape index (κ2) is 4.58. The molecule has 1 aromatic carbocycles. The molecule has 5 heteroatoms. The van der Waals surface area contributed by atoms with Gasteiger partial charge >= 0.3 is 0 Å². The van der Waals surface area contributed by atoms with E-state index in [1.54, 1.807) is 12.1 Å². The minimum Gasteiger partial charge on any atom is -0.258 e. The molecule has 13 heavy (non-hydrogen) atoms. The Labute approximate surface area is 89.0 Å². The fraction of sp³-hybridized carbons (Fsp3) is 0.250. The molecule has 0 aliphatic heterocycles. The van der Waals surface area contributed by atoms with Gasteiger partial charge in [-0.25, -0.2) is 0 Å². The second-order valence-electron chi connectivity index (χ2n) is 2.48. The summed E-state index contributed by atoms with van der Waals surface area (Å²) in [6.07, 6.45) is 0.762. The van der Waals surface area contributed by atoms with Crippen molar-refractivity contribution < 1.29 is 4.92 Å². The fourth-order valence-corrected chi connectivity index (χ4v) is 1.61. The SMILES string of the molecule is O=[N+]([O-])c1cc(CCBr)ccc1Cl. The number of alkyl halides is 1. The van der Waals surface area contributed by atoms with Gasteiger partial charge in [0.05, 0.1) is 4.92 Å². The summed E-state index contributed by atoms with van der Waals surface area (Å²) < 4.78 is 0. The van der Waals surface area contributed by atoms with E-state index in [1.807, 2.05) is 0 Å². The summed E-state index contributed by atoms with van der Waals surface area (Å²) in [7, 11) is 0. The number of benzene rings is 1. The van der Waals surface area contributed by atoms with Crippen molar-refractivity contribution in [1.29, 1.82) is 0 Å². The van der Waals surface area contributed by atoms with Gasteiger partial charge in [0.15, 0.2) is 0 Å². The lowest BCUT2D eigenvalue weighted by Gasteiger charge is -1.99. The first-order chi connectivity index (χ1) is 6.15. The van der Waals surface area contributed by atoms with Crippen LogP contribution >= 0.6 is 27.5 Å². The summed E-state index contributed by atoms with van der Waals surface area (Å²) in [5.41, 5.74) is 0.882. The van der Waals surface area contributed by atoms with Crippen molar-refractivity contribution in [2.45, 2.75) is 6.42 Å². The van der Waals surface area contributed by atoms with E-state index in [9.17, 15) is 10.1 Å². The Morgan fingerprint density at radius 1 is 1.54 bits per heavy atom. The van der Waals surface area contributed by atoms with Gasteiger partial charge in [-0.2, -0.15) is 0 Å². The number of hydrogen-bond acceptors (Lipinski definition) is 2. The monoisotopic (exact) mass is 263 g/mol. The van der Waals surface area contributed by atoms with Crippen molar-refractivity contribution in [1.82, 2.24) is 0 Å². The maximum absolute atomic E-state index is 10.5. The highest BCUT2D eigenvalue weighted by Gasteiger charge is 2.11. The molecule has 0 unspecified atom stereocenters. The number of nitro groups is 1. The van der Waals surface area contributed by atoms with Crippen molar-refractivity contribution in [3.05, 3.63) is 38.9 Å². The van der Waals surface area contributed by atoms with E-state index in [-0.39, 0.29) is 10.7 Å². The second-order valence-corrected chi connectivity index (χ2v) is 3.68. The Kier molecular flexibility index (Phi) is 3.69. The molecule has 0 N–H and O–H groups in total. The van der Waals surface area contributed by atoms with Gasteiger partial charge in [0.2, 0.25) is 0 Å². The molecule has 0 bridgehead atoms. The van der Waals surface area contributed by atoms with Crippen LogP contribution in [0.5, 0.6) is 0 Å². The predicted octanol–water partition coefficient (Wildman–Crippen LogP) is 3.19. The number of hydrogen-bond donors (Lipinski definition) is 0. The van der Waals surface area contributed by atoms with Crippen LogP contribution in [-0.2, 0) is 6.42 Å². The normalized spacial score (nSPS) is 10.0. The molecule has 0 spiro atoms. The van der Waals surface area contributed by atoms with E-state index in [4.69, 9.17) is 11.6 Å². The number of nitro benzene ring substituents is 1. The third-order valence-corrected chi connectivity index (χ3v) is 2.31. The Morgan fingerprint density at radius 3 is 2.77 bits per heavy atom. The first-order valence-electron chi connectivity index (χ1n) is 3.64. The molecule has 0 saturated heterocycles. The highest BCUT2D eigenvalue weighted by Crippen LogP contribution is 2.25. The highest BCUT2D eigenvalue weighted by atomic mass is 79.9. The Bertz CT molecular complexity index is 330. The van der Waals surface area contributed by atoms with E-state index in [0.29, 0.717) is 0 Å². The molecular weight excluding hydrogens is 257 g/mol. The Morgan fingerprint density at radius 2 is 2.23 bits per heavy atom. The van der Waals surface area contributed by atoms with E-state index in [0.717, 1.165) is 17.3 Å². The average Bonchev–Trinajstić information content (AvgIpc) is 2.08. The molecule has 0 aromatic heterocycles. The minimum atomic E-state index is -0.472. The average molecular weight is 265 g/mol. The zero-order valence-electron chi connectivity index (χ0n) is 6.67. The van der Waals surface area contributed by atoms with Gasteiger partial charge in [0.25, 0.3) is 5.69 Å². The molecule has 0 amide bonds. The Hall–Kier alpha value is -0.610. The highest BCUT2D eigenvalue weighted by molar-refractivity contribution is 9.09. The quantitative estimate of drug-likeness (QED) is 0.478. The van der Waals surface area contributed by atoms with Crippen LogP contribution in [0.2, 0.25) is 5.02 Å². The standard InChI is InChI=1S/C8H7BrClNO2/c9-4-3-6-1-2-7(10)8(5-6)11(12)13/h1-2,5H,3-4H2. The van der Waals surface area contributed by atoms with Gasteiger partial charge < -0.3 is 0 Å². The Balaban J connectivity index is 3.04. The van der Waals surface area contributed by atoms with Gasteiger partial charge in [-0.05, 0) is 18.1 Å². The maximum atomic E-state index is 10.5. The molecule has 1 rings (SSSR count). The first kappa shape index (κ1) is 10.5. The summed E-state index contributed by atoms with van der Waals surface area (Å²) in [6.45, 7) is 0. The summed E-state index contributed by atoms with van der Waals surface area (Å²) in [4.78, 5) is 10.0. The molecule has 3 nitrogen and oxygen atoms in total. The van der Waals surface area contributed by atoms with Crippen LogP contribution in [-0.4, -0.2) is 10.3 Å². The van der Waals surface area contributed by atoms with Crippen LogP contribution in [0, 0.1) is 10.1 Å². The number of nitrogens with zero attached hydrogens (tertiary/aromatic N) is 1. The third-order valence-electron chi connectivity index (χ3n) is 1.59. The van der Waals surface area contributed by atoms with E-state index in [1.165, 1.54) is 6.07 Å². The smallest absolute Gasteiger partial charge is 0.258 e. The van der Waals surface area contributed by atoms with Crippen molar-refractivity contribution in [3.63, 3.8) is 0 Å². The molecule has 0 aliphatic carbocycles. The number of halogens is 2. The van der Waals surface area contributed by atoms with Crippen LogP contribution in [0.1, 0.15) is 5.56 Å². The molecule has 0 atom stereocenters. The number of rotatable bonds is 3. The van der Waals surface area contributed by atoms with Gasteiger partial charge in [-0.1, -0.05) is 33.6 Å². The molecule has 0 heterocycles. The van der Waals surface area contributed by atoms with Crippen molar-refractivity contribution in [3.8, 4) is 0 Å². The van der Waals surface area contributed by atoms with Crippen LogP contribution in [0.15, 0.2) is 18.2 Å². The lowest BCUT2D eigenvalue weighted by atomic mass is 10.1. The van der Waals surface area contributed by atoms with Crippen molar-refractivity contribution in [2.75, 3.05) is 5.33 Å². The molecule has 0 saturated carbocycles. The van der Waals surface area contributed by atoms with Crippen LogP contribution < -0.4 is 0 Å². The molecule has 0 radical (unpaired) electrons. The molecule has 0 aliphatic rings. The third kappa shape index (κ3) is 2.67. The topological polar surface area (TPSA) is 43.1 Å². The van der Waals surface area contributed by atoms with Crippen LogP contribution in [0.3, 0.4) is 0 Å². The number of aryl methyl sites for hydroxylation is 1. The minimum absolute atomic E-state index is 0.0277. The van der Waals surface area contributed by atoms with Gasteiger partial charge in [0, 0.05) is 11.4 Å². The first-order valence-corrected chi connectivity index (χ1v) is 5.14. The van der Waals surface area contributed by atoms with E-state index >= 15 is 0 Å². The molecule has 70 valence electrons. The fourth-order valence-electron chi connectivity index (χ4n) is 0.963.